The average Bonchev–Trinajstić information content (AvgIpc) is 2.95. The summed E-state index contributed by atoms with van der Waals surface area (Å²) >= 11 is 0. The Bertz CT molecular complexity index is 1150. The van der Waals surface area contributed by atoms with Crippen molar-refractivity contribution in [2.24, 2.45) is 0 Å². The van der Waals surface area contributed by atoms with Gasteiger partial charge in [-0.05, 0) is 43.2 Å². The molecule has 0 aliphatic carbocycles. The summed E-state index contributed by atoms with van der Waals surface area (Å²) in [5.74, 6) is 1.65. The minimum absolute atomic E-state index is 0.148. The minimum Gasteiger partial charge on any atom is -0.497 e. The number of rotatable bonds is 11. The third kappa shape index (κ3) is 7.24. The predicted octanol–water partition coefficient (Wildman–Crippen LogP) is 2.20. The molecule has 3 rings (SSSR count). The number of benzene rings is 2. The van der Waals surface area contributed by atoms with Crippen molar-refractivity contribution < 1.29 is 38.1 Å². The summed E-state index contributed by atoms with van der Waals surface area (Å²) in [4.78, 5) is 40.1. The van der Waals surface area contributed by atoms with E-state index in [1.165, 1.54) is 28.3 Å². The standard InChI is InChI=1S/C28H37N3O8/c1-17(32)29-22(14-18-13-21(35-2)7-8-23(18)36-3)27(33)30-20-9-11-31(12-10-20)28(34)19-15-24(37-4)26(39-6)25(16-19)38-5/h7-8,13,15-16,20,22H,9-12,14H2,1-6H3,(H,29,32)(H,30,33). The van der Waals surface area contributed by atoms with E-state index >= 15 is 0 Å². The van der Waals surface area contributed by atoms with Crippen LogP contribution in [0.1, 0.15) is 35.7 Å². The highest BCUT2D eigenvalue weighted by Gasteiger charge is 2.29. The molecule has 1 saturated heterocycles. The van der Waals surface area contributed by atoms with Gasteiger partial charge in [0, 0.05) is 43.6 Å². The molecule has 2 aromatic rings. The monoisotopic (exact) mass is 543 g/mol. The predicted molar refractivity (Wildman–Crippen MR) is 144 cm³/mol. The van der Waals surface area contributed by atoms with E-state index in [0.717, 1.165) is 5.56 Å². The fourth-order valence-corrected chi connectivity index (χ4v) is 4.63. The van der Waals surface area contributed by atoms with E-state index in [4.69, 9.17) is 23.7 Å². The Hall–Kier alpha value is -4.15. The van der Waals surface area contributed by atoms with Crippen molar-refractivity contribution in [2.75, 3.05) is 48.6 Å². The van der Waals surface area contributed by atoms with Gasteiger partial charge in [0.2, 0.25) is 17.6 Å². The van der Waals surface area contributed by atoms with Crippen LogP contribution in [-0.4, -0.2) is 83.3 Å². The molecule has 39 heavy (non-hydrogen) atoms. The zero-order valence-corrected chi connectivity index (χ0v) is 23.3. The van der Waals surface area contributed by atoms with Crippen LogP contribution in [0.5, 0.6) is 28.7 Å². The van der Waals surface area contributed by atoms with Gasteiger partial charge in [0.05, 0.1) is 35.5 Å². The number of nitrogens with one attached hydrogen (secondary N) is 2. The van der Waals surface area contributed by atoms with Crippen molar-refractivity contribution in [3.8, 4) is 28.7 Å². The first-order valence-electron chi connectivity index (χ1n) is 12.6. The molecule has 1 aliphatic rings. The largest absolute Gasteiger partial charge is 0.497 e. The molecule has 1 aliphatic heterocycles. The third-order valence-electron chi connectivity index (χ3n) is 6.65. The second-order valence-corrected chi connectivity index (χ2v) is 9.12. The molecule has 212 valence electrons. The summed E-state index contributed by atoms with van der Waals surface area (Å²) in [6, 6.07) is 7.62. The highest BCUT2D eigenvalue weighted by atomic mass is 16.5. The third-order valence-corrected chi connectivity index (χ3v) is 6.65. The number of carbonyl (C=O) groups is 3. The van der Waals surface area contributed by atoms with Crippen LogP contribution in [0.15, 0.2) is 30.3 Å². The Morgan fingerprint density at radius 3 is 2.00 bits per heavy atom. The maximum absolute atomic E-state index is 13.2. The van der Waals surface area contributed by atoms with Gasteiger partial charge in [-0.3, -0.25) is 14.4 Å². The van der Waals surface area contributed by atoms with E-state index in [1.807, 2.05) is 0 Å². The van der Waals surface area contributed by atoms with Crippen molar-refractivity contribution in [3.05, 3.63) is 41.5 Å². The fourth-order valence-electron chi connectivity index (χ4n) is 4.63. The number of hydrogen-bond acceptors (Lipinski definition) is 8. The van der Waals surface area contributed by atoms with Crippen molar-refractivity contribution in [2.45, 2.75) is 38.3 Å². The van der Waals surface area contributed by atoms with E-state index in [9.17, 15) is 14.4 Å². The van der Waals surface area contributed by atoms with E-state index < -0.39 is 6.04 Å². The zero-order valence-electron chi connectivity index (χ0n) is 23.3. The maximum Gasteiger partial charge on any atom is 0.254 e. The van der Waals surface area contributed by atoms with Crippen LogP contribution in [-0.2, 0) is 16.0 Å². The SMILES string of the molecule is COc1ccc(OC)c(CC(NC(C)=O)C(=O)NC2CCN(C(=O)c3cc(OC)c(OC)c(OC)c3)CC2)c1. The van der Waals surface area contributed by atoms with Crippen LogP contribution in [0, 0.1) is 0 Å². The first-order valence-corrected chi connectivity index (χ1v) is 12.6. The molecule has 11 heteroatoms. The summed E-state index contributed by atoms with van der Waals surface area (Å²) in [5, 5.41) is 5.78. The smallest absolute Gasteiger partial charge is 0.254 e. The average molecular weight is 544 g/mol. The van der Waals surface area contributed by atoms with Gasteiger partial charge in [0.15, 0.2) is 11.5 Å². The van der Waals surface area contributed by atoms with E-state index in [1.54, 1.807) is 49.5 Å². The van der Waals surface area contributed by atoms with Crippen molar-refractivity contribution in [3.63, 3.8) is 0 Å². The van der Waals surface area contributed by atoms with Gasteiger partial charge in [-0.2, -0.15) is 0 Å². The fraction of sp³-hybridized carbons (Fsp3) is 0.464. The number of hydrogen-bond donors (Lipinski definition) is 2. The molecular formula is C28H37N3O8. The molecule has 11 nitrogen and oxygen atoms in total. The number of nitrogens with zero attached hydrogens (tertiary/aromatic N) is 1. The van der Waals surface area contributed by atoms with E-state index in [-0.39, 0.29) is 30.2 Å². The van der Waals surface area contributed by atoms with Crippen LogP contribution in [0.4, 0.5) is 0 Å². The lowest BCUT2D eigenvalue weighted by molar-refractivity contribution is -0.128. The molecule has 0 radical (unpaired) electrons. The Morgan fingerprint density at radius 2 is 1.49 bits per heavy atom. The number of piperidine rings is 1. The van der Waals surface area contributed by atoms with E-state index in [2.05, 4.69) is 10.6 Å². The molecule has 0 spiro atoms. The number of amides is 3. The second kappa shape index (κ2) is 13.6. The molecule has 0 bridgehead atoms. The van der Waals surface area contributed by atoms with Gasteiger partial charge in [-0.25, -0.2) is 0 Å². The van der Waals surface area contributed by atoms with Crippen LogP contribution in [0.2, 0.25) is 0 Å². The number of carbonyl (C=O) groups excluding carboxylic acids is 3. The zero-order chi connectivity index (χ0) is 28.5. The Kier molecular flexibility index (Phi) is 10.2. The molecule has 0 saturated carbocycles. The van der Waals surface area contributed by atoms with Crippen molar-refractivity contribution in [1.29, 1.82) is 0 Å². The van der Waals surface area contributed by atoms with Gasteiger partial charge >= 0.3 is 0 Å². The summed E-state index contributed by atoms with van der Waals surface area (Å²) in [6.07, 6.45) is 1.36. The number of methoxy groups -OCH3 is 5. The van der Waals surface area contributed by atoms with Crippen molar-refractivity contribution in [1.82, 2.24) is 15.5 Å². The van der Waals surface area contributed by atoms with Gasteiger partial charge in [0.1, 0.15) is 17.5 Å². The van der Waals surface area contributed by atoms with Gasteiger partial charge in [-0.15, -0.1) is 0 Å². The molecule has 1 fully saturated rings. The van der Waals surface area contributed by atoms with Crippen LogP contribution < -0.4 is 34.3 Å². The molecular weight excluding hydrogens is 506 g/mol. The lowest BCUT2D eigenvalue weighted by atomic mass is 10.0. The summed E-state index contributed by atoms with van der Waals surface area (Å²) in [5.41, 5.74) is 1.15. The maximum atomic E-state index is 13.2. The molecule has 0 aromatic heterocycles. The first kappa shape index (κ1) is 29.4. The topological polar surface area (TPSA) is 125 Å². The van der Waals surface area contributed by atoms with Gasteiger partial charge < -0.3 is 39.2 Å². The Balaban J connectivity index is 1.66. The molecule has 3 amide bonds. The summed E-state index contributed by atoms with van der Waals surface area (Å²) in [7, 11) is 7.61. The molecule has 1 unspecified atom stereocenters. The molecule has 1 atom stereocenters. The molecule has 2 N–H and O–H groups in total. The summed E-state index contributed by atoms with van der Waals surface area (Å²) < 4.78 is 26.8. The highest BCUT2D eigenvalue weighted by molar-refractivity contribution is 5.95. The van der Waals surface area contributed by atoms with Crippen molar-refractivity contribution >= 4 is 17.7 Å². The summed E-state index contributed by atoms with van der Waals surface area (Å²) in [6.45, 7) is 2.28. The van der Waals surface area contributed by atoms with Gasteiger partial charge in [0.25, 0.3) is 5.91 Å². The van der Waals surface area contributed by atoms with E-state index in [0.29, 0.717) is 60.2 Å². The van der Waals surface area contributed by atoms with Gasteiger partial charge in [-0.1, -0.05) is 0 Å². The Labute approximate surface area is 228 Å². The molecule has 1 heterocycles. The second-order valence-electron chi connectivity index (χ2n) is 9.12. The number of likely N-dealkylation sites (tertiary alicyclic amines) is 1. The number of ether oxygens (including phenoxy) is 5. The first-order chi connectivity index (χ1) is 18.7. The lowest BCUT2D eigenvalue weighted by Gasteiger charge is -2.33. The Morgan fingerprint density at radius 1 is 0.872 bits per heavy atom. The van der Waals surface area contributed by atoms with Crippen LogP contribution >= 0.6 is 0 Å². The van der Waals surface area contributed by atoms with Crippen LogP contribution in [0.25, 0.3) is 0 Å². The lowest BCUT2D eigenvalue weighted by Crippen LogP contribution is -2.53. The normalized spacial score (nSPS) is 14.2. The molecule has 2 aromatic carbocycles. The minimum atomic E-state index is -0.803. The highest BCUT2D eigenvalue weighted by Crippen LogP contribution is 2.38. The van der Waals surface area contributed by atoms with Crippen LogP contribution in [0.3, 0.4) is 0 Å². The quantitative estimate of drug-likeness (QED) is 0.442.